The average molecular weight is 231 g/mol. The van der Waals surface area contributed by atoms with E-state index in [9.17, 15) is 18.0 Å². The number of aromatic carboxylic acids is 1. The highest BCUT2D eigenvalue weighted by atomic mass is 19.4. The zero-order valence-corrected chi connectivity index (χ0v) is 7.58. The molecule has 2 aromatic rings. The number of carboxylic acid groups (broad SMARTS) is 1. The number of aromatic nitrogens is 1. The van der Waals surface area contributed by atoms with Gasteiger partial charge in [0.25, 0.3) is 0 Å². The summed E-state index contributed by atoms with van der Waals surface area (Å²) in [7, 11) is 0. The lowest BCUT2D eigenvalue weighted by Gasteiger charge is -2.00. The summed E-state index contributed by atoms with van der Waals surface area (Å²) in [5, 5.41) is 11.2. The lowest BCUT2D eigenvalue weighted by Crippen LogP contribution is -2.05. The Bertz CT molecular complexity index is 559. The molecule has 7 heteroatoms. The number of rotatable bonds is 1. The van der Waals surface area contributed by atoms with E-state index in [4.69, 9.17) is 5.11 Å². The number of alkyl halides is 3. The summed E-state index contributed by atoms with van der Waals surface area (Å²) in [6.45, 7) is 0. The number of para-hydroxylation sites is 1. The molecule has 0 aliphatic rings. The van der Waals surface area contributed by atoms with E-state index < -0.39 is 17.8 Å². The van der Waals surface area contributed by atoms with E-state index in [0.717, 1.165) is 12.1 Å². The summed E-state index contributed by atoms with van der Waals surface area (Å²) in [5.74, 6) is -1.37. The maximum absolute atomic E-state index is 12.4. The van der Waals surface area contributed by atoms with Gasteiger partial charge in [0, 0.05) is 0 Å². The maximum atomic E-state index is 12.4. The van der Waals surface area contributed by atoms with Gasteiger partial charge >= 0.3 is 12.1 Å². The maximum Gasteiger partial charge on any atom is 0.437 e. The van der Waals surface area contributed by atoms with Crippen molar-refractivity contribution < 1.29 is 27.6 Å². The summed E-state index contributed by atoms with van der Waals surface area (Å²) in [6.07, 6.45) is -4.66. The molecule has 1 heterocycles. The highest BCUT2D eigenvalue weighted by Crippen LogP contribution is 2.34. The molecule has 0 radical (unpaired) electrons. The van der Waals surface area contributed by atoms with Crippen LogP contribution in [0.4, 0.5) is 13.2 Å². The zero-order valence-electron chi connectivity index (χ0n) is 7.58. The van der Waals surface area contributed by atoms with Gasteiger partial charge in [-0.15, -0.1) is 0 Å². The number of benzene rings is 1. The summed E-state index contributed by atoms with van der Waals surface area (Å²) in [5.41, 5.74) is -1.94. The number of nitrogens with zero attached hydrogens (tertiary/aromatic N) is 1. The lowest BCUT2D eigenvalue weighted by molar-refractivity contribution is -0.141. The Morgan fingerprint density at radius 3 is 2.62 bits per heavy atom. The fourth-order valence-electron chi connectivity index (χ4n) is 1.34. The van der Waals surface area contributed by atoms with Gasteiger partial charge in [-0.3, -0.25) is 0 Å². The molecule has 0 fully saturated rings. The van der Waals surface area contributed by atoms with Gasteiger partial charge in [0.2, 0.25) is 0 Å². The van der Waals surface area contributed by atoms with Gasteiger partial charge in [-0.2, -0.15) is 13.2 Å². The molecule has 0 unspecified atom stereocenters. The Kier molecular flexibility index (Phi) is 2.11. The van der Waals surface area contributed by atoms with Crippen LogP contribution in [0.15, 0.2) is 22.7 Å². The fraction of sp³-hybridized carbons (Fsp3) is 0.111. The van der Waals surface area contributed by atoms with Crippen LogP contribution in [0.3, 0.4) is 0 Å². The molecule has 2 rings (SSSR count). The fourth-order valence-corrected chi connectivity index (χ4v) is 1.34. The van der Waals surface area contributed by atoms with Gasteiger partial charge in [-0.1, -0.05) is 11.2 Å². The minimum absolute atomic E-state index is 0.347. The second-order valence-electron chi connectivity index (χ2n) is 3.02. The van der Waals surface area contributed by atoms with E-state index in [1.807, 2.05) is 0 Å². The number of carboxylic acids is 1. The van der Waals surface area contributed by atoms with Crippen molar-refractivity contribution >= 4 is 16.9 Å². The van der Waals surface area contributed by atoms with Crippen molar-refractivity contribution in [3.8, 4) is 0 Å². The molecular weight excluding hydrogens is 227 g/mol. The molecule has 0 amide bonds. The van der Waals surface area contributed by atoms with E-state index in [2.05, 4.69) is 9.68 Å². The SMILES string of the molecule is O=C(O)c1cccc2c(C(F)(F)F)noc12. The first-order valence-corrected chi connectivity index (χ1v) is 4.10. The monoisotopic (exact) mass is 231 g/mol. The van der Waals surface area contributed by atoms with Crippen molar-refractivity contribution in [3.05, 3.63) is 29.5 Å². The van der Waals surface area contributed by atoms with Gasteiger partial charge in [-0.05, 0) is 12.1 Å². The molecule has 1 N–H and O–H groups in total. The van der Waals surface area contributed by atoms with Crippen molar-refractivity contribution in [2.75, 3.05) is 0 Å². The molecule has 0 atom stereocenters. The standard InChI is InChI=1S/C9H4F3NO3/c10-9(11,12)7-4-2-1-3-5(8(14)15)6(4)16-13-7/h1-3H,(H,14,15). The van der Waals surface area contributed by atoms with Crippen LogP contribution in [0.1, 0.15) is 16.1 Å². The van der Waals surface area contributed by atoms with Crippen LogP contribution in [-0.2, 0) is 6.18 Å². The largest absolute Gasteiger partial charge is 0.478 e. The van der Waals surface area contributed by atoms with E-state index in [1.54, 1.807) is 0 Å². The Morgan fingerprint density at radius 1 is 1.38 bits per heavy atom. The van der Waals surface area contributed by atoms with Crippen LogP contribution in [0.2, 0.25) is 0 Å². The Labute approximate surface area is 86.3 Å². The minimum atomic E-state index is -4.66. The molecule has 84 valence electrons. The predicted molar refractivity (Wildman–Crippen MR) is 46.0 cm³/mol. The number of hydrogen-bond acceptors (Lipinski definition) is 3. The second-order valence-corrected chi connectivity index (χ2v) is 3.02. The van der Waals surface area contributed by atoms with Crippen LogP contribution in [0.5, 0.6) is 0 Å². The minimum Gasteiger partial charge on any atom is -0.478 e. The van der Waals surface area contributed by atoms with Crippen molar-refractivity contribution in [1.29, 1.82) is 0 Å². The van der Waals surface area contributed by atoms with Gasteiger partial charge < -0.3 is 9.63 Å². The van der Waals surface area contributed by atoms with E-state index in [1.165, 1.54) is 6.07 Å². The normalized spacial score (nSPS) is 11.9. The molecule has 1 aromatic heterocycles. The molecular formula is C9H4F3NO3. The molecule has 16 heavy (non-hydrogen) atoms. The number of fused-ring (bicyclic) bond motifs is 1. The molecule has 0 saturated heterocycles. The highest BCUT2D eigenvalue weighted by Gasteiger charge is 2.37. The highest BCUT2D eigenvalue weighted by molar-refractivity contribution is 6.01. The first-order chi connectivity index (χ1) is 7.41. The summed E-state index contributed by atoms with van der Waals surface area (Å²) in [6, 6.07) is 3.47. The Balaban J connectivity index is 2.76. The van der Waals surface area contributed by atoms with Crippen LogP contribution in [-0.4, -0.2) is 16.2 Å². The summed E-state index contributed by atoms with van der Waals surface area (Å²) < 4.78 is 41.7. The Morgan fingerprint density at radius 2 is 2.06 bits per heavy atom. The molecule has 0 aliphatic carbocycles. The van der Waals surface area contributed by atoms with Gasteiger partial charge in [-0.25, -0.2) is 4.79 Å². The third-order valence-electron chi connectivity index (χ3n) is 2.00. The third kappa shape index (κ3) is 1.50. The second kappa shape index (κ2) is 3.22. The van der Waals surface area contributed by atoms with Gasteiger partial charge in [0.1, 0.15) is 5.56 Å². The van der Waals surface area contributed by atoms with Crippen molar-refractivity contribution in [2.45, 2.75) is 6.18 Å². The number of halogens is 3. The van der Waals surface area contributed by atoms with Crippen LogP contribution < -0.4 is 0 Å². The number of carbonyl (C=O) groups is 1. The Hall–Kier alpha value is -2.05. The molecule has 0 saturated carbocycles. The number of hydrogen-bond donors (Lipinski definition) is 1. The van der Waals surface area contributed by atoms with Crippen LogP contribution in [0, 0.1) is 0 Å². The average Bonchev–Trinajstić information content (AvgIpc) is 2.59. The topological polar surface area (TPSA) is 63.3 Å². The lowest BCUT2D eigenvalue weighted by atomic mass is 10.1. The van der Waals surface area contributed by atoms with Crippen molar-refractivity contribution in [3.63, 3.8) is 0 Å². The van der Waals surface area contributed by atoms with E-state index in [0.29, 0.717) is 0 Å². The van der Waals surface area contributed by atoms with Crippen molar-refractivity contribution in [2.24, 2.45) is 0 Å². The smallest absolute Gasteiger partial charge is 0.437 e. The van der Waals surface area contributed by atoms with Gasteiger partial charge in [0.05, 0.1) is 5.39 Å². The van der Waals surface area contributed by atoms with Crippen molar-refractivity contribution in [1.82, 2.24) is 5.16 Å². The van der Waals surface area contributed by atoms with Gasteiger partial charge in [0.15, 0.2) is 11.3 Å². The first kappa shape index (κ1) is 10.5. The predicted octanol–water partition coefficient (Wildman–Crippen LogP) is 2.54. The molecule has 4 nitrogen and oxygen atoms in total. The molecule has 0 spiro atoms. The first-order valence-electron chi connectivity index (χ1n) is 4.10. The van der Waals surface area contributed by atoms with Crippen LogP contribution in [0.25, 0.3) is 11.0 Å². The summed E-state index contributed by atoms with van der Waals surface area (Å²) in [4.78, 5) is 10.7. The zero-order chi connectivity index (χ0) is 11.9. The third-order valence-corrected chi connectivity index (χ3v) is 2.00. The summed E-state index contributed by atoms with van der Waals surface area (Å²) >= 11 is 0. The van der Waals surface area contributed by atoms with Crippen LogP contribution >= 0.6 is 0 Å². The molecule has 0 bridgehead atoms. The molecule has 0 aliphatic heterocycles. The van der Waals surface area contributed by atoms with E-state index in [-0.39, 0.29) is 16.5 Å². The van der Waals surface area contributed by atoms with E-state index >= 15 is 0 Å². The quantitative estimate of drug-likeness (QED) is 0.819. The molecule has 1 aromatic carbocycles.